The highest BCUT2D eigenvalue weighted by Gasteiger charge is 2.35. The van der Waals surface area contributed by atoms with E-state index >= 15 is 0 Å². The molecule has 3 nitrogen and oxygen atoms in total. The van der Waals surface area contributed by atoms with E-state index in [1.54, 1.807) is 19.0 Å². The number of fused-ring (bicyclic) bond motifs is 2. The number of benzene rings is 1. The summed E-state index contributed by atoms with van der Waals surface area (Å²) < 4.78 is 6.14. The third-order valence-electron chi connectivity index (χ3n) is 4.63. The third-order valence-corrected chi connectivity index (χ3v) is 4.63. The fraction of sp³-hybridized carbons (Fsp3) is 0.588. The van der Waals surface area contributed by atoms with Crippen molar-refractivity contribution in [1.29, 1.82) is 0 Å². The molecule has 3 heteroatoms. The maximum atomic E-state index is 12.0. The van der Waals surface area contributed by atoms with Gasteiger partial charge >= 0.3 is 0 Å². The van der Waals surface area contributed by atoms with Gasteiger partial charge in [-0.2, -0.15) is 0 Å². The van der Waals surface area contributed by atoms with Crippen molar-refractivity contribution in [3.05, 3.63) is 29.8 Å². The molecule has 0 aliphatic heterocycles. The number of hydrogen-bond donors (Lipinski definition) is 0. The second-order valence-corrected chi connectivity index (χ2v) is 6.48. The summed E-state index contributed by atoms with van der Waals surface area (Å²) in [6.07, 6.45) is 6.86. The number of amides is 1. The standard InChI is InChI=1S/C17H23NO2/c1-18(2)17(19)14-4-3-5-15(11-14)20-16-9-12-6-7-13(8-12)10-16/h3-5,11-13,16H,6-10H2,1-2H3/t12-,13+,16?. The second-order valence-electron chi connectivity index (χ2n) is 6.48. The van der Waals surface area contributed by atoms with Gasteiger partial charge in [0.2, 0.25) is 0 Å². The molecule has 2 bridgehead atoms. The summed E-state index contributed by atoms with van der Waals surface area (Å²) in [6.45, 7) is 0. The van der Waals surface area contributed by atoms with E-state index in [-0.39, 0.29) is 5.91 Å². The molecule has 2 fully saturated rings. The maximum Gasteiger partial charge on any atom is 0.253 e. The van der Waals surface area contributed by atoms with Gasteiger partial charge in [-0.1, -0.05) is 18.9 Å². The first-order valence-corrected chi connectivity index (χ1v) is 7.60. The number of hydrogen-bond acceptors (Lipinski definition) is 2. The van der Waals surface area contributed by atoms with Crippen LogP contribution in [0.4, 0.5) is 0 Å². The molecule has 1 aromatic rings. The zero-order valence-electron chi connectivity index (χ0n) is 12.3. The second kappa shape index (κ2) is 5.47. The number of nitrogens with zero attached hydrogens (tertiary/aromatic N) is 1. The van der Waals surface area contributed by atoms with Crippen molar-refractivity contribution in [2.24, 2.45) is 11.8 Å². The minimum atomic E-state index is 0.0270. The number of ether oxygens (including phenoxy) is 1. The molecule has 1 unspecified atom stereocenters. The SMILES string of the molecule is CN(C)C(=O)c1cccc(OC2C[C@H]3CC[C@@H](C2)C3)c1. The van der Waals surface area contributed by atoms with Gasteiger partial charge in [0.25, 0.3) is 5.91 Å². The van der Waals surface area contributed by atoms with E-state index in [1.807, 2.05) is 24.3 Å². The quantitative estimate of drug-likeness (QED) is 0.845. The summed E-state index contributed by atoms with van der Waals surface area (Å²) in [4.78, 5) is 13.6. The Labute approximate surface area is 120 Å². The minimum absolute atomic E-state index is 0.0270. The fourth-order valence-corrected chi connectivity index (χ4v) is 3.70. The summed E-state index contributed by atoms with van der Waals surface area (Å²) in [7, 11) is 3.55. The van der Waals surface area contributed by atoms with Crippen molar-refractivity contribution in [3.8, 4) is 5.75 Å². The molecule has 2 aliphatic carbocycles. The summed E-state index contributed by atoms with van der Waals surface area (Å²) in [5.41, 5.74) is 0.700. The van der Waals surface area contributed by atoms with Crippen molar-refractivity contribution >= 4 is 5.91 Å². The molecule has 0 N–H and O–H groups in total. The van der Waals surface area contributed by atoms with Crippen LogP contribution in [0.2, 0.25) is 0 Å². The van der Waals surface area contributed by atoms with Crippen molar-refractivity contribution in [3.63, 3.8) is 0 Å². The zero-order valence-corrected chi connectivity index (χ0v) is 12.3. The van der Waals surface area contributed by atoms with E-state index in [2.05, 4.69) is 0 Å². The molecule has 0 spiro atoms. The lowest BCUT2D eigenvalue weighted by Gasteiger charge is -2.28. The van der Waals surface area contributed by atoms with Crippen LogP contribution in [0.3, 0.4) is 0 Å². The van der Waals surface area contributed by atoms with E-state index in [1.165, 1.54) is 32.1 Å². The van der Waals surface area contributed by atoms with Gasteiger partial charge < -0.3 is 9.64 Å². The Morgan fingerprint density at radius 1 is 1.15 bits per heavy atom. The molecule has 2 aliphatic rings. The van der Waals surface area contributed by atoms with Gasteiger partial charge in [0.15, 0.2) is 0 Å². The lowest BCUT2D eigenvalue weighted by molar-refractivity contribution is 0.0825. The van der Waals surface area contributed by atoms with E-state index in [0.717, 1.165) is 17.6 Å². The Balaban J connectivity index is 1.68. The van der Waals surface area contributed by atoms with Crippen molar-refractivity contribution < 1.29 is 9.53 Å². The van der Waals surface area contributed by atoms with Crippen LogP contribution in [-0.2, 0) is 0 Å². The lowest BCUT2D eigenvalue weighted by atomic mass is 9.87. The minimum Gasteiger partial charge on any atom is -0.490 e. The summed E-state index contributed by atoms with van der Waals surface area (Å²) in [5.74, 6) is 2.60. The summed E-state index contributed by atoms with van der Waals surface area (Å²) in [6, 6.07) is 7.59. The maximum absolute atomic E-state index is 12.0. The van der Waals surface area contributed by atoms with Crippen LogP contribution in [0, 0.1) is 11.8 Å². The molecule has 0 radical (unpaired) electrons. The Morgan fingerprint density at radius 2 is 1.85 bits per heavy atom. The van der Waals surface area contributed by atoms with Crippen LogP contribution in [0.1, 0.15) is 42.5 Å². The monoisotopic (exact) mass is 273 g/mol. The van der Waals surface area contributed by atoms with Crippen LogP contribution in [0.25, 0.3) is 0 Å². The Kier molecular flexibility index (Phi) is 3.68. The van der Waals surface area contributed by atoms with E-state index < -0.39 is 0 Å². The molecule has 20 heavy (non-hydrogen) atoms. The molecule has 1 aromatic carbocycles. The van der Waals surface area contributed by atoms with Gasteiger partial charge in [-0.3, -0.25) is 4.79 Å². The summed E-state index contributed by atoms with van der Waals surface area (Å²) >= 11 is 0. The van der Waals surface area contributed by atoms with Gasteiger partial charge in [0, 0.05) is 19.7 Å². The molecular formula is C17H23NO2. The van der Waals surface area contributed by atoms with Crippen LogP contribution in [0.15, 0.2) is 24.3 Å². The first-order valence-electron chi connectivity index (χ1n) is 7.60. The van der Waals surface area contributed by atoms with Gasteiger partial charge in [-0.05, 0) is 49.3 Å². The average molecular weight is 273 g/mol. The van der Waals surface area contributed by atoms with Gasteiger partial charge in [0.05, 0.1) is 6.10 Å². The number of rotatable bonds is 3. The van der Waals surface area contributed by atoms with Crippen LogP contribution < -0.4 is 4.74 Å². The highest BCUT2D eigenvalue weighted by molar-refractivity contribution is 5.94. The van der Waals surface area contributed by atoms with Crippen LogP contribution in [0.5, 0.6) is 5.75 Å². The number of carbonyl (C=O) groups excluding carboxylic acids is 1. The predicted octanol–water partition coefficient (Wildman–Crippen LogP) is 3.35. The topological polar surface area (TPSA) is 29.5 Å². The predicted molar refractivity (Wildman–Crippen MR) is 78.9 cm³/mol. The molecule has 2 saturated carbocycles. The molecule has 1 amide bonds. The molecular weight excluding hydrogens is 250 g/mol. The molecule has 0 aromatic heterocycles. The highest BCUT2D eigenvalue weighted by Crippen LogP contribution is 2.43. The average Bonchev–Trinajstić information content (AvgIpc) is 2.77. The van der Waals surface area contributed by atoms with Crippen molar-refractivity contribution in [1.82, 2.24) is 4.90 Å². The third kappa shape index (κ3) is 2.82. The zero-order chi connectivity index (χ0) is 14.1. The van der Waals surface area contributed by atoms with Crippen molar-refractivity contribution in [2.75, 3.05) is 14.1 Å². The molecule has 0 heterocycles. The van der Waals surface area contributed by atoms with Crippen LogP contribution in [-0.4, -0.2) is 31.0 Å². The molecule has 3 rings (SSSR count). The first kappa shape index (κ1) is 13.5. The van der Waals surface area contributed by atoms with Gasteiger partial charge in [-0.25, -0.2) is 0 Å². The largest absolute Gasteiger partial charge is 0.490 e. The highest BCUT2D eigenvalue weighted by atomic mass is 16.5. The van der Waals surface area contributed by atoms with E-state index in [9.17, 15) is 4.79 Å². The fourth-order valence-electron chi connectivity index (χ4n) is 3.70. The molecule has 108 valence electrons. The lowest BCUT2D eigenvalue weighted by Crippen LogP contribution is -2.26. The summed E-state index contributed by atoms with van der Waals surface area (Å²) in [5, 5.41) is 0. The Hall–Kier alpha value is -1.51. The smallest absolute Gasteiger partial charge is 0.253 e. The normalized spacial score (nSPS) is 28.2. The van der Waals surface area contributed by atoms with E-state index in [0.29, 0.717) is 11.7 Å². The van der Waals surface area contributed by atoms with Crippen molar-refractivity contribution in [2.45, 2.75) is 38.2 Å². The number of carbonyl (C=O) groups is 1. The van der Waals surface area contributed by atoms with Gasteiger partial charge in [0.1, 0.15) is 5.75 Å². The first-order chi connectivity index (χ1) is 9.61. The Bertz CT molecular complexity index is 486. The van der Waals surface area contributed by atoms with E-state index in [4.69, 9.17) is 4.74 Å². The van der Waals surface area contributed by atoms with Crippen LogP contribution >= 0.6 is 0 Å². The molecule has 3 atom stereocenters. The Morgan fingerprint density at radius 3 is 2.50 bits per heavy atom. The van der Waals surface area contributed by atoms with Gasteiger partial charge in [-0.15, -0.1) is 0 Å². The molecule has 0 saturated heterocycles.